The Morgan fingerprint density at radius 3 is 2.47 bits per heavy atom. The van der Waals surface area contributed by atoms with Crippen molar-refractivity contribution >= 4 is 17.7 Å². The molecule has 0 bridgehead atoms. The minimum absolute atomic E-state index is 0.0987. The highest BCUT2D eigenvalue weighted by Gasteiger charge is 2.31. The smallest absolute Gasteiger partial charge is 0.409 e. The van der Waals surface area contributed by atoms with E-state index in [1.807, 2.05) is 54.3 Å². The number of hydrogen-bond donors (Lipinski definition) is 1. The number of carbonyl (C=O) groups excluding carboxylic acids is 2. The zero-order chi connectivity index (χ0) is 23.9. The highest BCUT2D eigenvalue weighted by atomic mass is 16.5. The summed E-state index contributed by atoms with van der Waals surface area (Å²) >= 11 is 0. The zero-order valence-corrected chi connectivity index (χ0v) is 19.5. The lowest BCUT2D eigenvalue weighted by atomic mass is 10.0. The van der Waals surface area contributed by atoms with Gasteiger partial charge in [-0.05, 0) is 75.0 Å². The van der Waals surface area contributed by atoms with Crippen LogP contribution in [0.2, 0.25) is 0 Å². The Morgan fingerprint density at radius 1 is 1.06 bits per heavy atom. The molecule has 0 aliphatic carbocycles. The molecule has 178 valence electrons. The van der Waals surface area contributed by atoms with Crippen molar-refractivity contribution in [3.63, 3.8) is 0 Å². The van der Waals surface area contributed by atoms with E-state index < -0.39 is 6.09 Å². The molecule has 2 aromatic carbocycles. The monoisotopic (exact) mass is 461 g/mol. The van der Waals surface area contributed by atoms with Crippen molar-refractivity contribution in [2.24, 2.45) is 5.73 Å². The van der Waals surface area contributed by atoms with Gasteiger partial charge in [0, 0.05) is 24.8 Å². The molecule has 1 fully saturated rings. The van der Waals surface area contributed by atoms with Crippen LogP contribution in [0.4, 0.5) is 10.5 Å². The molecule has 1 aliphatic rings. The Labute approximate surface area is 200 Å². The predicted molar refractivity (Wildman–Crippen MR) is 131 cm³/mol. The number of amides is 2. The first-order valence-corrected chi connectivity index (χ1v) is 11.7. The third-order valence-corrected chi connectivity index (χ3v) is 6.29. The van der Waals surface area contributed by atoms with Gasteiger partial charge in [0.25, 0.3) is 5.91 Å². The van der Waals surface area contributed by atoms with Gasteiger partial charge in [-0.15, -0.1) is 0 Å². The lowest BCUT2D eigenvalue weighted by Gasteiger charge is -2.38. The van der Waals surface area contributed by atoms with Crippen molar-refractivity contribution in [1.29, 1.82) is 0 Å². The van der Waals surface area contributed by atoms with Crippen LogP contribution < -0.4 is 15.4 Å². The SMILES string of the molecule is Cc1ccc(N(C(=O)c2ccco2)C2CCN(CCCc3ccccc3OC(N)=O)CC2)cc1. The Bertz CT molecular complexity index is 1090. The van der Waals surface area contributed by atoms with Crippen LogP contribution >= 0.6 is 0 Å². The standard InChI is InChI=1S/C27H31N3O4/c1-20-10-12-22(13-11-20)30(26(31)25-9-5-19-33-25)23-14-17-29(18-15-23)16-4-7-21-6-2-3-8-24(21)34-27(28)32/h2-3,5-6,8-13,19,23H,4,7,14-18H2,1H3,(H2,28,32). The predicted octanol–water partition coefficient (Wildman–Crippen LogP) is 4.79. The molecule has 7 nitrogen and oxygen atoms in total. The second kappa shape index (κ2) is 11.0. The largest absolute Gasteiger partial charge is 0.459 e. The van der Waals surface area contributed by atoms with Crippen molar-refractivity contribution in [3.05, 3.63) is 83.8 Å². The first-order valence-electron chi connectivity index (χ1n) is 11.7. The normalized spacial score (nSPS) is 14.6. The van der Waals surface area contributed by atoms with Crippen LogP contribution in [0.3, 0.4) is 0 Å². The van der Waals surface area contributed by atoms with Crippen molar-refractivity contribution in [2.45, 2.75) is 38.6 Å². The Balaban J connectivity index is 1.35. The van der Waals surface area contributed by atoms with Crippen molar-refractivity contribution in [2.75, 3.05) is 24.5 Å². The van der Waals surface area contributed by atoms with E-state index in [9.17, 15) is 9.59 Å². The molecule has 0 spiro atoms. The van der Waals surface area contributed by atoms with Gasteiger partial charge in [-0.3, -0.25) is 4.79 Å². The number of anilines is 1. The lowest BCUT2D eigenvalue weighted by Crippen LogP contribution is -2.47. The van der Waals surface area contributed by atoms with Crippen molar-refractivity contribution in [1.82, 2.24) is 4.90 Å². The lowest BCUT2D eigenvalue weighted by molar-refractivity contribution is 0.0933. The maximum atomic E-state index is 13.3. The molecule has 34 heavy (non-hydrogen) atoms. The van der Waals surface area contributed by atoms with Crippen LogP contribution in [0.25, 0.3) is 0 Å². The molecule has 0 atom stereocenters. The van der Waals surface area contributed by atoms with Gasteiger partial charge in [0.15, 0.2) is 5.76 Å². The number of rotatable bonds is 8. The summed E-state index contributed by atoms with van der Waals surface area (Å²) in [4.78, 5) is 28.7. The number of ether oxygens (including phenoxy) is 1. The second-order valence-corrected chi connectivity index (χ2v) is 8.69. The fraction of sp³-hybridized carbons (Fsp3) is 0.333. The Morgan fingerprint density at radius 2 is 1.79 bits per heavy atom. The first-order chi connectivity index (χ1) is 16.5. The highest BCUT2D eigenvalue weighted by molar-refractivity contribution is 6.04. The van der Waals surface area contributed by atoms with Gasteiger partial charge in [0.1, 0.15) is 5.75 Å². The third kappa shape index (κ3) is 5.85. The Kier molecular flexibility index (Phi) is 7.65. The number of likely N-dealkylation sites (tertiary alicyclic amines) is 1. The minimum atomic E-state index is -0.795. The van der Waals surface area contributed by atoms with Gasteiger partial charge in [-0.1, -0.05) is 35.9 Å². The maximum Gasteiger partial charge on any atom is 0.409 e. The van der Waals surface area contributed by atoms with Crippen LogP contribution in [-0.4, -0.2) is 42.6 Å². The molecule has 2 N–H and O–H groups in total. The summed E-state index contributed by atoms with van der Waals surface area (Å²) in [5.41, 5.74) is 8.21. The summed E-state index contributed by atoms with van der Waals surface area (Å²) in [7, 11) is 0. The molecule has 3 aromatic rings. The topological polar surface area (TPSA) is 89.0 Å². The van der Waals surface area contributed by atoms with Gasteiger partial charge in [0.05, 0.1) is 6.26 Å². The average molecular weight is 462 g/mol. The zero-order valence-electron chi connectivity index (χ0n) is 19.5. The number of benzene rings is 2. The van der Waals surface area contributed by atoms with Crippen LogP contribution in [0, 0.1) is 6.92 Å². The molecule has 1 saturated heterocycles. The molecule has 4 rings (SSSR count). The quantitative estimate of drug-likeness (QED) is 0.521. The third-order valence-electron chi connectivity index (χ3n) is 6.29. The fourth-order valence-electron chi connectivity index (χ4n) is 4.53. The molecule has 0 unspecified atom stereocenters. The minimum Gasteiger partial charge on any atom is -0.459 e. The summed E-state index contributed by atoms with van der Waals surface area (Å²) < 4.78 is 10.5. The number of furan rings is 1. The number of primary amides is 1. The van der Waals surface area contributed by atoms with Gasteiger partial charge < -0.3 is 24.7 Å². The van der Waals surface area contributed by atoms with Crippen LogP contribution in [0.15, 0.2) is 71.3 Å². The first kappa shape index (κ1) is 23.6. The molecule has 7 heteroatoms. The van der Waals surface area contributed by atoms with E-state index in [4.69, 9.17) is 14.9 Å². The summed E-state index contributed by atoms with van der Waals surface area (Å²) in [6.45, 7) is 4.81. The molecule has 1 aromatic heterocycles. The van der Waals surface area contributed by atoms with E-state index in [1.54, 1.807) is 18.2 Å². The highest BCUT2D eigenvalue weighted by Crippen LogP contribution is 2.27. The second-order valence-electron chi connectivity index (χ2n) is 8.69. The maximum absolute atomic E-state index is 13.3. The number of para-hydroxylation sites is 1. The average Bonchev–Trinajstić information content (AvgIpc) is 3.37. The van der Waals surface area contributed by atoms with Gasteiger partial charge in [-0.25, -0.2) is 4.79 Å². The summed E-state index contributed by atoms with van der Waals surface area (Å²) in [6, 6.07) is 19.2. The molecular formula is C27H31N3O4. The van der Waals surface area contributed by atoms with E-state index in [-0.39, 0.29) is 11.9 Å². The van der Waals surface area contributed by atoms with Gasteiger partial charge in [0.2, 0.25) is 0 Å². The number of hydrogen-bond acceptors (Lipinski definition) is 5. The number of nitrogens with two attached hydrogens (primary N) is 1. The van der Waals surface area contributed by atoms with Crippen LogP contribution in [0.1, 0.15) is 40.9 Å². The Hall–Kier alpha value is -3.58. The molecule has 1 aliphatic heterocycles. The molecule has 2 amide bonds. The molecule has 2 heterocycles. The number of aryl methyl sites for hydroxylation is 2. The van der Waals surface area contributed by atoms with Crippen molar-refractivity contribution < 1.29 is 18.7 Å². The summed E-state index contributed by atoms with van der Waals surface area (Å²) in [6.07, 6.45) is 4.27. The van der Waals surface area contributed by atoms with E-state index in [1.165, 1.54) is 6.26 Å². The van der Waals surface area contributed by atoms with Crippen LogP contribution in [-0.2, 0) is 6.42 Å². The van der Waals surface area contributed by atoms with E-state index in [2.05, 4.69) is 4.90 Å². The summed E-state index contributed by atoms with van der Waals surface area (Å²) in [5.74, 6) is 0.789. The molecule has 0 radical (unpaired) electrons. The fourth-order valence-corrected chi connectivity index (χ4v) is 4.53. The molecule has 0 saturated carbocycles. The van der Waals surface area contributed by atoms with Gasteiger partial charge in [-0.2, -0.15) is 0 Å². The van der Waals surface area contributed by atoms with E-state index in [0.717, 1.165) is 62.1 Å². The number of piperidine rings is 1. The van der Waals surface area contributed by atoms with Gasteiger partial charge >= 0.3 is 6.09 Å². The number of carbonyl (C=O) groups is 2. The summed E-state index contributed by atoms with van der Waals surface area (Å²) in [5, 5.41) is 0. The van der Waals surface area contributed by atoms with E-state index >= 15 is 0 Å². The van der Waals surface area contributed by atoms with E-state index in [0.29, 0.717) is 11.5 Å². The number of nitrogens with zero attached hydrogens (tertiary/aromatic N) is 2. The van der Waals surface area contributed by atoms with Crippen molar-refractivity contribution in [3.8, 4) is 5.75 Å². The van der Waals surface area contributed by atoms with Crippen LogP contribution in [0.5, 0.6) is 5.75 Å². The molecular weight excluding hydrogens is 430 g/mol.